The molecule has 0 radical (unpaired) electrons. The van der Waals surface area contributed by atoms with Gasteiger partial charge in [-0.1, -0.05) is 12.1 Å². The van der Waals surface area contributed by atoms with Crippen LogP contribution < -0.4 is 4.72 Å². The van der Waals surface area contributed by atoms with Gasteiger partial charge in [0.1, 0.15) is 0 Å². The summed E-state index contributed by atoms with van der Waals surface area (Å²) >= 11 is 0. The number of hydrogen-bond donors (Lipinski definition) is 2. The molecule has 116 valence electrons. The summed E-state index contributed by atoms with van der Waals surface area (Å²) in [6, 6.07) is 6.23. The molecule has 0 bridgehead atoms. The molecular weight excluding hydrogens is 290 g/mol. The van der Waals surface area contributed by atoms with Crippen molar-refractivity contribution >= 4 is 10.0 Å². The fraction of sp³-hybridized carbons (Fsp3) is 0.600. The van der Waals surface area contributed by atoms with E-state index in [2.05, 4.69) is 4.72 Å². The number of sulfonamides is 1. The summed E-state index contributed by atoms with van der Waals surface area (Å²) in [4.78, 5) is 0.230. The summed E-state index contributed by atoms with van der Waals surface area (Å²) < 4.78 is 33.3. The Morgan fingerprint density at radius 2 is 1.90 bits per heavy atom. The Labute approximate surface area is 125 Å². The Bertz CT molecular complexity index is 593. The minimum atomic E-state index is -3.54. The van der Waals surface area contributed by atoms with Crippen molar-refractivity contribution in [2.75, 3.05) is 6.61 Å². The largest absolute Gasteiger partial charge is 0.389 e. The highest BCUT2D eigenvalue weighted by molar-refractivity contribution is 7.89. The first-order valence-corrected chi connectivity index (χ1v) is 8.87. The molecule has 0 spiro atoms. The molecule has 0 amide bonds. The van der Waals surface area contributed by atoms with Gasteiger partial charge in [-0.15, -0.1) is 0 Å². The van der Waals surface area contributed by atoms with E-state index in [1.54, 1.807) is 19.1 Å². The highest BCUT2D eigenvalue weighted by Crippen LogP contribution is 2.39. The summed E-state index contributed by atoms with van der Waals surface area (Å²) in [5, 5.41) is 9.47. The van der Waals surface area contributed by atoms with Gasteiger partial charge in [-0.2, -0.15) is 0 Å². The van der Waals surface area contributed by atoms with Crippen LogP contribution in [0.2, 0.25) is 0 Å². The average Bonchev–Trinajstić information content (AvgIpc) is 3.19. The molecule has 0 aromatic heterocycles. The van der Waals surface area contributed by atoms with E-state index >= 15 is 0 Å². The Morgan fingerprint density at radius 1 is 1.24 bits per heavy atom. The van der Waals surface area contributed by atoms with E-state index in [0.29, 0.717) is 18.1 Å². The standard InChI is InChI=1S/C15H21NO4S/c1-10(17)11-4-6-13(7-5-11)21(18,19)16-14-8-9-20-15(14)12-2-3-12/h4-7,10,12,14-17H,2-3,8-9H2,1H3. The Hall–Kier alpha value is -0.950. The van der Waals surface area contributed by atoms with Gasteiger partial charge in [-0.05, 0) is 49.8 Å². The van der Waals surface area contributed by atoms with Crippen molar-refractivity contribution in [2.45, 2.75) is 49.3 Å². The fourth-order valence-corrected chi connectivity index (χ4v) is 4.10. The first kappa shape index (κ1) is 15.0. The molecule has 3 unspecified atom stereocenters. The predicted octanol–water partition coefficient (Wildman–Crippen LogP) is 1.59. The number of ether oxygens (including phenoxy) is 1. The third-order valence-corrected chi connectivity index (χ3v) is 5.71. The molecule has 2 N–H and O–H groups in total. The van der Waals surface area contributed by atoms with Gasteiger partial charge >= 0.3 is 0 Å². The van der Waals surface area contributed by atoms with E-state index in [-0.39, 0.29) is 17.0 Å². The second-order valence-electron chi connectivity index (χ2n) is 5.93. The van der Waals surface area contributed by atoms with E-state index in [1.807, 2.05) is 0 Å². The highest BCUT2D eigenvalue weighted by atomic mass is 32.2. The first-order valence-electron chi connectivity index (χ1n) is 7.39. The van der Waals surface area contributed by atoms with Crippen molar-refractivity contribution < 1.29 is 18.3 Å². The van der Waals surface area contributed by atoms with Crippen LogP contribution in [0.1, 0.15) is 37.9 Å². The van der Waals surface area contributed by atoms with Gasteiger partial charge in [-0.3, -0.25) is 0 Å². The molecule has 1 saturated heterocycles. The normalized spacial score (nSPS) is 27.7. The maximum atomic E-state index is 12.4. The third kappa shape index (κ3) is 3.29. The van der Waals surface area contributed by atoms with Crippen LogP contribution in [-0.2, 0) is 14.8 Å². The molecule has 1 saturated carbocycles. The zero-order chi connectivity index (χ0) is 15.0. The molecule has 1 aromatic carbocycles. The second-order valence-corrected chi connectivity index (χ2v) is 7.65. The van der Waals surface area contributed by atoms with Crippen LogP contribution in [0.15, 0.2) is 29.2 Å². The number of aliphatic hydroxyl groups is 1. The van der Waals surface area contributed by atoms with Crippen molar-refractivity contribution in [1.29, 1.82) is 0 Å². The molecule has 2 aliphatic rings. The van der Waals surface area contributed by atoms with Crippen LogP contribution in [0, 0.1) is 5.92 Å². The van der Waals surface area contributed by atoms with Gasteiger partial charge in [0.25, 0.3) is 0 Å². The Balaban J connectivity index is 1.73. The third-order valence-electron chi connectivity index (χ3n) is 4.20. The van der Waals surface area contributed by atoms with Gasteiger partial charge in [0.2, 0.25) is 10.0 Å². The summed E-state index contributed by atoms with van der Waals surface area (Å²) in [5.41, 5.74) is 0.703. The van der Waals surface area contributed by atoms with Crippen molar-refractivity contribution in [3.05, 3.63) is 29.8 Å². The molecule has 3 rings (SSSR count). The topological polar surface area (TPSA) is 75.6 Å². The van der Waals surface area contributed by atoms with Gasteiger partial charge in [0.05, 0.1) is 23.1 Å². The minimum Gasteiger partial charge on any atom is -0.389 e. The number of benzene rings is 1. The lowest BCUT2D eigenvalue weighted by Crippen LogP contribution is -2.41. The van der Waals surface area contributed by atoms with Crippen molar-refractivity contribution in [1.82, 2.24) is 4.72 Å². The molecule has 1 aliphatic heterocycles. The smallest absolute Gasteiger partial charge is 0.240 e. The average molecular weight is 311 g/mol. The van der Waals surface area contributed by atoms with Crippen molar-refractivity contribution in [3.63, 3.8) is 0 Å². The van der Waals surface area contributed by atoms with E-state index < -0.39 is 16.1 Å². The van der Waals surface area contributed by atoms with Crippen LogP contribution in [0.25, 0.3) is 0 Å². The van der Waals surface area contributed by atoms with E-state index in [0.717, 1.165) is 19.3 Å². The molecule has 6 heteroatoms. The fourth-order valence-electron chi connectivity index (χ4n) is 2.82. The molecule has 3 atom stereocenters. The van der Waals surface area contributed by atoms with Gasteiger partial charge in [0, 0.05) is 6.61 Å². The summed E-state index contributed by atoms with van der Waals surface area (Å²) in [5.74, 6) is 0.512. The molecule has 5 nitrogen and oxygen atoms in total. The Kier molecular flexibility index (Phi) is 4.05. The van der Waals surface area contributed by atoms with Crippen LogP contribution in [0.5, 0.6) is 0 Å². The lowest BCUT2D eigenvalue weighted by atomic mass is 10.1. The number of hydrogen-bond acceptors (Lipinski definition) is 4. The van der Waals surface area contributed by atoms with Crippen LogP contribution in [0.4, 0.5) is 0 Å². The molecule has 21 heavy (non-hydrogen) atoms. The first-order chi connectivity index (χ1) is 9.97. The second kappa shape index (κ2) is 5.68. The van der Waals surface area contributed by atoms with E-state index in [4.69, 9.17) is 4.74 Å². The van der Waals surface area contributed by atoms with E-state index in [1.165, 1.54) is 12.1 Å². The predicted molar refractivity (Wildman–Crippen MR) is 78.3 cm³/mol. The quantitative estimate of drug-likeness (QED) is 0.866. The summed E-state index contributed by atoms with van der Waals surface area (Å²) in [6.45, 7) is 2.27. The maximum Gasteiger partial charge on any atom is 0.240 e. The minimum absolute atomic E-state index is 0.0245. The van der Waals surface area contributed by atoms with Crippen LogP contribution in [0.3, 0.4) is 0 Å². The van der Waals surface area contributed by atoms with Crippen molar-refractivity contribution in [2.24, 2.45) is 5.92 Å². The van der Waals surface area contributed by atoms with Gasteiger partial charge < -0.3 is 9.84 Å². The number of aliphatic hydroxyl groups excluding tert-OH is 1. The molecular formula is C15H21NO4S. The summed E-state index contributed by atoms with van der Waals surface area (Å²) in [7, 11) is -3.54. The zero-order valence-electron chi connectivity index (χ0n) is 12.0. The summed E-state index contributed by atoms with van der Waals surface area (Å²) in [6.07, 6.45) is 2.41. The highest BCUT2D eigenvalue weighted by Gasteiger charge is 2.42. The maximum absolute atomic E-state index is 12.4. The molecule has 1 aromatic rings. The Morgan fingerprint density at radius 3 is 2.48 bits per heavy atom. The number of rotatable bonds is 5. The molecule has 1 aliphatic carbocycles. The van der Waals surface area contributed by atoms with Gasteiger partial charge in [0.15, 0.2) is 0 Å². The van der Waals surface area contributed by atoms with Crippen molar-refractivity contribution in [3.8, 4) is 0 Å². The number of nitrogens with one attached hydrogen (secondary N) is 1. The zero-order valence-corrected chi connectivity index (χ0v) is 12.8. The molecule has 1 heterocycles. The van der Waals surface area contributed by atoms with Crippen LogP contribution in [-0.4, -0.2) is 32.3 Å². The lowest BCUT2D eigenvalue weighted by Gasteiger charge is -2.19. The SMILES string of the molecule is CC(O)c1ccc(S(=O)(=O)NC2CCOC2C2CC2)cc1. The monoisotopic (exact) mass is 311 g/mol. The van der Waals surface area contributed by atoms with Crippen LogP contribution >= 0.6 is 0 Å². The van der Waals surface area contributed by atoms with E-state index in [9.17, 15) is 13.5 Å². The lowest BCUT2D eigenvalue weighted by molar-refractivity contribution is 0.0848. The van der Waals surface area contributed by atoms with Gasteiger partial charge in [-0.25, -0.2) is 13.1 Å². The molecule has 2 fully saturated rings.